The summed E-state index contributed by atoms with van der Waals surface area (Å²) in [5, 5.41) is 3.52. The van der Waals surface area contributed by atoms with E-state index in [2.05, 4.69) is 9.97 Å². The number of fused-ring (bicyclic) bond motifs is 1. The number of thiazole rings is 1. The van der Waals surface area contributed by atoms with Gasteiger partial charge in [0, 0.05) is 35.6 Å². The second-order valence-corrected chi connectivity index (χ2v) is 6.23. The third kappa shape index (κ3) is 2.49. The average Bonchev–Trinajstić information content (AvgIpc) is 3.23. The van der Waals surface area contributed by atoms with Crippen LogP contribution in [-0.2, 0) is 4.79 Å². The van der Waals surface area contributed by atoms with Crippen molar-refractivity contribution in [3.8, 4) is 0 Å². The molecule has 1 aliphatic rings. The fourth-order valence-corrected chi connectivity index (χ4v) is 3.44. The van der Waals surface area contributed by atoms with Crippen molar-refractivity contribution >= 4 is 39.2 Å². The van der Waals surface area contributed by atoms with Gasteiger partial charge in [-0.1, -0.05) is 18.2 Å². The number of para-hydroxylation sites is 1. The molecule has 1 saturated heterocycles. The second-order valence-electron chi connectivity index (χ2n) is 5.36. The van der Waals surface area contributed by atoms with Gasteiger partial charge in [-0.05, 0) is 12.1 Å². The largest absolute Gasteiger partial charge is 0.351 e. The van der Waals surface area contributed by atoms with Gasteiger partial charge in [-0.15, -0.1) is 11.3 Å². The minimum Gasteiger partial charge on any atom is -0.351 e. The third-order valence-corrected chi connectivity index (χ3v) is 4.71. The van der Waals surface area contributed by atoms with Gasteiger partial charge in [0.2, 0.25) is 5.91 Å². The molecule has 0 spiro atoms. The van der Waals surface area contributed by atoms with Gasteiger partial charge < -0.3 is 9.88 Å². The Morgan fingerprint density at radius 1 is 1.26 bits per heavy atom. The molecule has 23 heavy (non-hydrogen) atoms. The van der Waals surface area contributed by atoms with Gasteiger partial charge in [-0.25, -0.2) is 4.98 Å². The second kappa shape index (κ2) is 5.51. The number of nitrogens with one attached hydrogen (secondary N) is 1. The number of aromatic amines is 1. The zero-order chi connectivity index (χ0) is 15.8. The molecule has 1 N–H and O–H groups in total. The molecular weight excluding hydrogens is 312 g/mol. The zero-order valence-corrected chi connectivity index (χ0v) is 13.0. The first kappa shape index (κ1) is 14.0. The van der Waals surface area contributed by atoms with Crippen LogP contribution < -0.4 is 4.90 Å². The number of aromatic nitrogens is 2. The topological polar surface area (TPSA) is 69.3 Å². The zero-order valence-electron chi connectivity index (χ0n) is 12.2. The Morgan fingerprint density at radius 2 is 2.13 bits per heavy atom. The molecule has 0 radical (unpaired) electrons. The summed E-state index contributed by atoms with van der Waals surface area (Å²) in [6.45, 7) is 1.05. The summed E-state index contributed by atoms with van der Waals surface area (Å²) >= 11 is 1.43. The first-order valence-electron chi connectivity index (χ1n) is 7.29. The number of rotatable bonds is 2. The highest BCUT2D eigenvalue weighted by Crippen LogP contribution is 2.21. The van der Waals surface area contributed by atoms with E-state index in [9.17, 15) is 9.59 Å². The van der Waals surface area contributed by atoms with Crippen molar-refractivity contribution in [1.29, 1.82) is 0 Å². The molecule has 0 aliphatic carbocycles. The lowest BCUT2D eigenvalue weighted by atomic mass is 10.2. The molecule has 0 atom stereocenters. The minimum atomic E-state index is -0.145. The number of nitrogens with zero attached hydrogens (tertiary/aromatic N) is 3. The Bertz CT molecular complexity index is 838. The number of benzene rings is 1. The molecule has 4 rings (SSSR count). The van der Waals surface area contributed by atoms with Crippen molar-refractivity contribution < 1.29 is 9.59 Å². The molecule has 116 valence electrons. The van der Waals surface area contributed by atoms with Crippen molar-refractivity contribution in [2.24, 2.45) is 0 Å². The van der Waals surface area contributed by atoms with E-state index in [4.69, 9.17) is 0 Å². The molecule has 0 saturated carbocycles. The van der Waals surface area contributed by atoms with Gasteiger partial charge in [0.25, 0.3) is 5.91 Å². The van der Waals surface area contributed by atoms with E-state index in [0.29, 0.717) is 23.9 Å². The maximum Gasteiger partial charge on any atom is 0.270 e. The Labute approximate surface area is 136 Å². The predicted molar refractivity (Wildman–Crippen MR) is 88.7 cm³/mol. The van der Waals surface area contributed by atoms with Crippen molar-refractivity contribution in [1.82, 2.24) is 14.9 Å². The van der Waals surface area contributed by atoms with E-state index in [1.807, 2.05) is 35.7 Å². The van der Waals surface area contributed by atoms with Crippen LogP contribution in [-0.4, -0.2) is 46.3 Å². The summed E-state index contributed by atoms with van der Waals surface area (Å²) in [7, 11) is 0. The SMILES string of the molecule is O=C(c1cc2ccccc2[nH]1)N1CCN(c2nccs2)C(=O)C1. The Morgan fingerprint density at radius 3 is 2.87 bits per heavy atom. The Kier molecular flexibility index (Phi) is 3.34. The first-order chi connectivity index (χ1) is 11.2. The van der Waals surface area contributed by atoms with Crippen molar-refractivity contribution in [2.45, 2.75) is 0 Å². The summed E-state index contributed by atoms with van der Waals surface area (Å²) in [6.07, 6.45) is 1.68. The molecule has 2 amide bonds. The van der Waals surface area contributed by atoms with Crippen LogP contribution in [0.5, 0.6) is 0 Å². The number of hydrogen-bond donors (Lipinski definition) is 1. The average molecular weight is 326 g/mol. The van der Waals surface area contributed by atoms with E-state index in [0.717, 1.165) is 10.9 Å². The smallest absolute Gasteiger partial charge is 0.270 e. The maximum absolute atomic E-state index is 12.6. The highest BCUT2D eigenvalue weighted by atomic mass is 32.1. The van der Waals surface area contributed by atoms with E-state index >= 15 is 0 Å². The van der Waals surface area contributed by atoms with Crippen LogP contribution in [0.4, 0.5) is 5.13 Å². The van der Waals surface area contributed by atoms with E-state index < -0.39 is 0 Å². The van der Waals surface area contributed by atoms with Crippen molar-refractivity contribution in [3.63, 3.8) is 0 Å². The maximum atomic E-state index is 12.6. The van der Waals surface area contributed by atoms with Crippen molar-refractivity contribution in [2.75, 3.05) is 24.5 Å². The van der Waals surface area contributed by atoms with Crippen molar-refractivity contribution in [3.05, 3.63) is 47.6 Å². The number of amides is 2. The molecule has 0 unspecified atom stereocenters. The Hall–Kier alpha value is -2.67. The van der Waals surface area contributed by atoms with Gasteiger partial charge in [0.1, 0.15) is 12.2 Å². The molecule has 6 nitrogen and oxygen atoms in total. The molecule has 7 heteroatoms. The number of carbonyl (C=O) groups is 2. The highest BCUT2D eigenvalue weighted by molar-refractivity contribution is 7.13. The lowest BCUT2D eigenvalue weighted by Crippen LogP contribution is -2.52. The summed E-state index contributed by atoms with van der Waals surface area (Å²) in [5.41, 5.74) is 1.44. The third-order valence-electron chi connectivity index (χ3n) is 3.92. The van der Waals surface area contributed by atoms with Crippen LogP contribution in [0.2, 0.25) is 0 Å². The number of carbonyl (C=O) groups excluding carboxylic acids is 2. The molecule has 2 aromatic heterocycles. The van der Waals surface area contributed by atoms with Crippen LogP contribution in [0.3, 0.4) is 0 Å². The molecule has 3 aromatic rings. The fraction of sp³-hybridized carbons (Fsp3) is 0.188. The lowest BCUT2D eigenvalue weighted by Gasteiger charge is -2.32. The predicted octanol–water partition coefficient (Wildman–Crippen LogP) is 2.11. The van der Waals surface area contributed by atoms with Crippen LogP contribution in [0.15, 0.2) is 41.9 Å². The van der Waals surface area contributed by atoms with E-state index in [1.54, 1.807) is 16.0 Å². The van der Waals surface area contributed by atoms with Crippen LogP contribution in [0.1, 0.15) is 10.5 Å². The number of H-pyrrole nitrogens is 1. The number of piperazine rings is 1. The van der Waals surface area contributed by atoms with E-state index in [1.165, 1.54) is 11.3 Å². The fourth-order valence-electron chi connectivity index (χ4n) is 2.76. The monoisotopic (exact) mass is 326 g/mol. The van der Waals surface area contributed by atoms with E-state index in [-0.39, 0.29) is 18.4 Å². The summed E-state index contributed by atoms with van der Waals surface area (Å²) in [6, 6.07) is 9.56. The van der Waals surface area contributed by atoms with Crippen LogP contribution in [0.25, 0.3) is 10.9 Å². The molecule has 1 fully saturated rings. The number of anilines is 1. The highest BCUT2D eigenvalue weighted by Gasteiger charge is 2.30. The first-order valence-corrected chi connectivity index (χ1v) is 8.17. The summed E-state index contributed by atoms with van der Waals surface area (Å²) < 4.78 is 0. The standard InChI is InChI=1S/C16H14N4O2S/c21-14-10-19(6-7-20(14)16-17-5-8-23-16)15(22)13-9-11-3-1-2-4-12(11)18-13/h1-5,8-9,18H,6-7,10H2. The van der Waals surface area contributed by atoms with Gasteiger partial charge in [0.15, 0.2) is 5.13 Å². The van der Waals surface area contributed by atoms with Crippen LogP contribution >= 0.6 is 11.3 Å². The molecule has 0 bridgehead atoms. The Balaban J connectivity index is 1.53. The minimum absolute atomic E-state index is 0.0772. The quantitative estimate of drug-likeness (QED) is 0.784. The summed E-state index contributed by atoms with van der Waals surface area (Å²) in [5.74, 6) is -0.246. The normalized spacial score (nSPS) is 15.4. The molecule has 3 heterocycles. The molecule has 1 aromatic carbocycles. The molecule has 1 aliphatic heterocycles. The van der Waals surface area contributed by atoms with Crippen LogP contribution in [0, 0.1) is 0 Å². The molecular formula is C16H14N4O2S. The lowest BCUT2D eigenvalue weighted by molar-refractivity contribution is -0.120. The summed E-state index contributed by atoms with van der Waals surface area (Å²) in [4.78, 5) is 35.4. The van der Waals surface area contributed by atoms with Gasteiger partial charge in [-0.2, -0.15) is 0 Å². The number of hydrogen-bond acceptors (Lipinski definition) is 4. The van der Waals surface area contributed by atoms with Gasteiger partial charge >= 0.3 is 0 Å². The van der Waals surface area contributed by atoms with Gasteiger partial charge in [0.05, 0.1) is 0 Å². The van der Waals surface area contributed by atoms with Gasteiger partial charge in [-0.3, -0.25) is 14.5 Å².